The molecule has 0 saturated carbocycles. The summed E-state index contributed by atoms with van der Waals surface area (Å²) < 4.78 is 0. The summed E-state index contributed by atoms with van der Waals surface area (Å²) in [5, 5.41) is 3.58. The fourth-order valence-corrected chi connectivity index (χ4v) is 5.48. The molecule has 206 valence electrons. The SMILES string of the molecule is CC[C@@H](C)NC(=O)[C@H](Cc1ccccc1)N(Cc1cccc(Cl)c1)C(=O)CCN1C(=O)[C@H]2CC=CC[C@H]2C1=O. The molecule has 2 aromatic rings. The lowest BCUT2D eigenvalue weighted by Gasteiger charge is -2.33. The zero-order chi connectivity index (χ0) is 27.9. The Labute approximate surface area is 235 Å². The van der Waals surface area contributed by atoms with Crippen LogP contribution in [0.5, 0.6) is 0 Å². The molecule has 0 spiro atoms. The Morgan fingerprint density at radius 3 is 2.26 bits per heavy atom. The number of carbonyl (C=O) groups excluding carboxylic acids is 4. The number of amides is 4. The molecule has 0 bridgehead atoms. The van der Waals surface area contributed by atoms with Gasteiger partial charge in [-0.1, -0.05) is 73.1 Å². The van der Waals surface area contributed by atoms with Crippen LogP contribution in [-0.4, -0.2) is 52.1 Å². The van der Waals surface area contributed by atoms with E-state index in [-0.39, 0.29) is 61.0 Å². The topological polar surface area (TPSA) is 86.8 Å². The second kappa shape index (κ2) is 13.1. The first-order chi connectivity index (χ1) is 18.8. The number of carbonyl (C=O) groups is 4. The van der Waals surface area contributed by atoms with Crippen LogP contribution in [0.15, 0.2) is 66.7 Å². The van der Waals surface area contributed by atoms with E-state index in [2.05, 4.69) is 5.32 Å². The molecule has 4 rings (SSSR count). The van der Waals surface area contributed by atoms with Crippen LogP contribution in [0.2, 0.25) is 5.02 Å². The van der Waals surface area contributed by atoms with E-state index in [9.17, 15) is 19.2 Å². The van der Waals surface area contributed by atoms with Gasteiger partial charge in [-0.25, -0.2) is 0 Å². The summed E-state index contributed by atoms with van der Waals surface area (Å²) in [6, 6.07) is 15.9. The van der Waals surface area contributed by atoms with Crippen molar-refractivity contribution in [1.29, 1.82) is 0 Å². The maximum atomic E-state index is 13.9. The maximum absolute atomic E-state index is 13.9. The third kappa shape index (κ3) is 6.95. The number of hydrogen-bond donors (Lipinski definition) is 1. The Hall–Kier alpha value is -3.45. The number of rotatable bonds is 11. The molecule has 4 atom stereocenters. The van der Waals surface area contributed by atoms with Crippen molar-refractivity contribution in [2.45, 2.75) is 64.6 Å². The summed E-state index contributed by atoms with van der Waals surface area (Å²) in [6.45, 7) is 4.09. The van der Waals surface area contributed by atoms with Gasteiger partial charge in [0.25, 0.3) is 0 Å². The summed E-state index contributed by atoms with van der Waals surface area (Å²) in [5.41, 5.74) is 1.71. The second-order valence-corrected chi connectivity index (χ2v) is 10.8. The van der Waals surface area contributed by atoms with Gasteiger partial charge in [-0.2, -0.15) is 0 Å². The molecule has 0 unspecified atom stereocenters. The minimum absolute atomic E-state index is 0.000580. The van der Waals surface area contributed by atoms with E-state index in [0.717, 1.165) is 17.5 Å². The highest BCUT2D eigenvalue weighted by molar-refractivity contribution is 6.30. The Bertz CT molecular complexity index is 1210. The summed E-state index contributed by atoms with van der Waals surface area (Å²) in [6.07, 6.45) is 6.00. The van der Waals surface area contributed by atoms with E-state index < -0.39 is 6.04 Å². The largest absolute Gasteiger partial charge is 0.352 e. The fraction of sp³-hybridized carbons (Fsp3) is 0.419. The van der Waals surface area contributed by atoms with Gasteiger partial charge in [0.05, 0.1) is 11.8 Å². The average Bonchev–Trinajstić information content (AvgIpc) is 3.18. The third-order valence-electron chi connectivity index (χ3n) is 7.66. The number of nitrogens with one attached hydrogen (secondary N) is 1. The lowest BCUT2D eigenvalue weighted by molar-refractivity contribution is -0.144. The Balaban J connectivity index is 1.59. The molecule has 1 heterocycles. The van der Waals surface area contributed by atoms with Crippen molar-refractivity contribution in [2.75, 3.05) is 6.54 Å². The Morgan fingerprint density at radius 1 is 1.00 bits per heavy atom. The Morgan fingerprint density at radius 2 is 1.64 bits per heavy atom. The standard InChI is InChI=1S/C31H36ClN3O4/c1-3-21(2)33-29(37)27(19-22-10-5-4-6-11-22)35(20-23-12-9-13-24(32)18-23)28(36)16-17-34-30(38)25-14-7-8-15-26(25)31(34)39/h4-13,18,21,25-27H,3,14-17,19-20H2,1-2H3,(H,33,37)/t21-,25-,26+,27+/m1/s1. The minimum Gasteiger partial charge on any atom is -0.352 e. The number of hydrogen-bond acceptors (Lipinski definition) is 4. The molecule has 0 radical (unpaired) electrons. The van der Waals surface area contributed by atoms with E-state index in [0.29, 0.717) is 24.3 Å². The highest BCUT2D eigenvalue weighted by Gasteiger charge is 2.47. The molecule has 2 aliphatic rings. The molecular formula is C31H36ClN3O4. The monoisotopic (exact) mass is 549 g/mol. The van der Waals surface area contributed by atoms with E-state index in [4.69, 9.17) is 11.6 Å². The molecule has 1 saturated heterocycles. The van der Waals surface area contributed by atoms with Crippen LogP contribution in [0.3, 0.4) is 0 Å². The van der Waals surface area contributed by atoms with Crippen LogP contribution in [0.25, 0.3) is 0 Å². The van der Waals surface area contributed by atoms with Crippen LogP contribution in [-0.2, 0) is 32.1 Å². The molecule has 1 aliphatic heterocycles. The van der Waals surface area contributed by atoms with E-state index in [1.807, 2.05) is 68.5 Å². The van der Waals surface area contributed by atoms with Crippen molar-refractivity contribution >= 4 is 35.2 Å². The van der Waals surface area contributed by atoms with Crippen molar-refractivity contribution in [1.82, 2.24) is 15.1 Å². The summed E-state index contributed by atoms with van der Waals surface area (Å²) >= 11 is 6.24. The number of imide groups is 1. The normalized spacial score (nSPS) is 19.9. The smallest absolute Gasteiger partial charge is 0.243 e. The van der Waals surface area contributed by atoms with E-state index >= 15 is 0 Å². The predicted octanol–water partition coefficient (Wildman–Crippen LogP) is 4.54. The van der Waals surface area contributed by atoms with Crippen molar-refractivity contribution in [3.63, 3.8) is 0 Å². The fourth-order valence-electron chi connectivity index (χ4n) is 5.27. The number of fused-ring (bicyclic) bond motifs is 1. The van der Waals surface area contributed by atoms with Crippen LogP contribution in [0, 0.1) is 11.8 Å². The number of nitrogens with zero attached hydrogens (tertiary/aromatic N) is 2. The molecule has 39 heavy (non-hydrogen) atoms. The van der Waals surface area contributed by atoms with Crippen molar-refractivity contribution in [3.8, 4) is 0 Å². The summed E-state index contributed by atoms with van der Waals surface area (Å²) in [5.74, 6) is -1.64. The van der Waals surface area contributed by atoms with Gasteiger partial charge in [0, 0.05) is 37.0 Å². The van der Waals surface area contributed by atoms with Crippen molar-refractivity contribution < 1.29 is 19.2 Å². The van der Waals surface area contributed by atoms with Crippen LogP contribution >= 0.6 is 11.6 Å². The zero-order valence-corrected chi connectivity index (χ0v) is 23.3. The Kier molecular flexibility index (Phi) is 9.57. The second-order valence-electron chi connectivity index (χ2n) is 10.4. The number of benzene rings is 2. The molecule has 1 aliphatic carbocycles. The lowest BCUT2D eigenvalue weighted by atomic mass is 9.85. The average molecular weight is 550 g/mol. The first-order valence-corrected chi connectivity index (χ1v) is 14.0. The van der Waals surface area contributed by atoms with Gasteiger partial charge in [0.1, 0.15) is 6.04 Å². The molecule has 1 fully saturated rings. The molecular weight excluding hydrogens is 514 g/mol. The lowest BCUT2D eigenvalue weighted by Crippen LogP contribution is -2.52. The highest BCUT2D eigenvalue weighted by atomic mass is 35.5. The number of likely N-dealkylation sites (tertiary alicyclic amines) is 1. The first kappa shape index (κ1) is 28.6. The predicted molar refractivity (Wildman–Crippen MR) is 151 cm³/mol. The van der Waals surface area contributed by atoms with E-state index in [1.165, 1.54) is 4.90 Å². The van der Waals surface area contributed by atoms with Gasteiger partial charge in [-0.3, -0.25) is 24.1 Å². The molecule has 7 nitrogen and oxygen atoms in total. The molecule has 1 N–H and O–H groups in total. The van der Waals surface area contributed by atoms with Gasteiger partial charge in [-0.15, -0.1) is 0 Å². The van der Waals surface area contributed by atoms with Gasteiger partial charge >= 0.3 is 0 Å². The first-order valence-electron chi connectivity index (χ1n) is 13.7. The molecule has 4 amide bonds. The van der Waals surface area contributed by atoms with Gasteiger partial charge in [0.15, 0.2) is 0 Å². The van der Waals surface area contributed by atoms with Crippen LogP contribution in [0.1, 0.15) is 50.7 Å². The number of allylic oxidation sites excluding steroid dienone is 2. The number of halogens is 1. The molecule has 2 aromatic carbocycles. The zero-order valence-electron chi connectivity index (χ0n) is 22.5. The van der Waals surface area contributed by atoms with Gasteiger partial charge in [0.2, 0.25) is 23.6 Å². The van der Waals surface area contributed by atoms with Crippen molar-refractivity contribution in [3.05, 3.63) is 82.9 Å². The summed E-state index contributed by atoms with van der Waals surface area (Å²) in [4.78, 5) is 56.2. The minimum atomic E-state index is -0.787. The molecule has 0 aromatic heterocycles. The van der Waals surface area contributed by atoms with Crippen LogP contribution < -0.4 is 5.32 Å². The van der Waals surface area contributed by atoms with Gasteiger partial charge in [-0.05, 0) is 49.4 Å². The third-order valence-corrected chi connectivity index (χ3v) is 7.90. The summed E-state index contributed by atoms with van der Waals surface area (Å²) in [7, 11) is 0. The quantitative estimate of drug-likeness (QED) is 0.329. The van der Waals surface area contributed by atoms with Crippen LogP contribution in [0.4, 0.5) is 0 Å². The molecule has 8 heteroatoms. The van der Waals surface area contributed by atoms with E-state index in [1.54, 1.807) is 17.0 Å². The van der Waals surface area contributed by atoms with Crippen molar-refractivity contribution in [2.24, 2.45) is 11.8 Å². The maximum Gasteiger partial charge on any atom is 0.243 e. The van der Waals surface area contributed by atoms with Gasteiger partial charge < -0.3 is 10.2 Å². The highest BCUT2D eigenvalue weighted by Crippen LogP contribution is 2.35.